The summed E-state index contributed by atoms with van der Waals surface area (Å²) in [5.74, 6) is 2.20. The van der Waals surface area contributed by atoms with Crippen LogP contribution in [0.25, 0.3) is 0 Å². The molecule has 1 saturated carbocycles. The van der Waals surface area contributed by atoms with Crippen LogP contribution in [0, 0.1) is 17.8 Å². The van der Waals surface area contributed by atoms with Crippen molar-refractivity contribution < 1.29 is 4.79 Å². The smallest absolute Gasteiger partial charge is 0.224 e. The zero-order valence-electron chi connectivity index (χ0n) is 12.8. The number of unbranched alkanes of at least 4 members (excludes halogenated alkanes) is 1. The van der Waals surface area contributed by atoms with E-state index in [1.807, 2.05) is 0 Å². The molecule has 118 valence electrons. The van der Waals surface area contributed by atoms with Crippen LogP contribution in [0.2, 0.25) is 0 Å². The molecule has 1 unspecified atom stereocenters. The molecule has 2 rings (SSSR count). The van der Waals surface area contributed by atoms with Crippen molar-refractivity contribution in [1.82, 2.24) is 10.6 Å². The van der Waals surface area contributed by atoms with Crippen LogP contribution in [0.1, 0.15) is 58.3 Å². The second-order valence-corrected chi connectivity index (χ2v) is 6.46. The van der Waals surface area contributed by atoms with Gasteiger partial charge in [-0.3, -0.25) is 4.79 Å². The van der Waals surface area contributed by atoms with E-state index < -0.39 is 0 Å². The minimum absolute atomic E-state index is 0. The Bertz CT molecular complexity index is 272. The fourth-order valence-electron chi connectivity index (χ4n) is 3.48. The summed E-state index contributed by atoms with van der Waals surface area (Å²) >= 11 is 0. The Kier molecular flexibility index (Phi) is 8.55. The van der Waals surface area contributed by atoms with E-state index in [2.05, 4.69) is 17.6 Å². The van der Waals surface area contributed by atoms with Gasteiger partial charge in [0.1, 0.15) is 0 Å². The molecule has 1 saturated heterocycles. The summed E-state index contributed by atoms with van der Waals surface area (Å²) in [6.07, 6.45) is 10.5. The summed E-state index contributed by atoms with van der Waals surface area (Å²) in [6, 6.07) is 0. The van der Waals surface area contributed by atoms with Gasteiger partial charge in [0.15, 0.2) is 0 Å². The highest BCUT2D eigenvalue weighted by molar-refractivity contribution is 5.85. The van der Waals surface area contributed by atoms with Crippen LogP contribution in [-0.2, 0) is 4.79 Å². The molecule has 0 aromatic carbocycles. The molecule has 2 fully saturated rings. The Balaban J connectivity index is 0.00000200. The number of carbonyl (C=O) groups excluding carboxylic acids is 1. The van der Waals surface area contributed by atoms with Gasteiger partial charge in [-0.15, -0.1) is 12.4 Å². The molecule has 3 nitrogen and oxygen atoms in total. The molecular formula is C16H31ClN2O. The average Bonchev–Trinajstić information content (AvgIpc) is 2.98. The lowest BCUT2D eigenvalue weighted by Gasteiger charge is -2.28. The van der Waals surface area contributed by atoms with Crippen LogP contribution < -0.4 is 10.6 Å². The van der Waals surface area contributed by atoms with Gasteiger partial charge in [-0.1, -0.05) is 39.0 Å². The van der Waals surface area contributed by atoms with Crippen LogP contribution in [0.5, 0.6) is 0 Å². The van der Waals surface area contributed by atoms with Gasteiger partial charge in [-0.25, -0.2) is 0 Å². The Morgan fingerprint density at radius 1 is 1.15 bits per heavy atom. The normalized spacial score (nSPS) is 29.8. The highest BCUT2D eigenvalue weighted by Gasteiger charge is 2.24. The van der Waals surface area contributed by atoms with E-state index in [0.717, 1.165) is 37.9 Å². The molecule has 0 spiro atoms. The fourth-order valence-corrected chi connectivity index (χ4v) is 3.48. The highest BCUT2D eigenvalue weighted by Crippen LogP contribution is 2.31. The Morgan fingerprint density at radius 3 is 2.45 bits per heavy atom. The van der Waals surface area contributed by atoms with Gasteiger partial charge in [0.25, 0.3) is 0 Å². The molecule has 0 bridgehead atoms. The third-order valence-corrected chi connectivity index (χ3v) is 4.93. The minimum atomic E-state index is 0. The van der Waals surface area contributed by atoms with Gasteiger partial charge in [-0.2, -0.15) is 0 Å². The molecule has 1 amide bonds. The predicted molar refractivity (Wildman–Crippen MR) is 86.2 cm³/mol. The number of nitrogens with one attached hydrogen (secondary N) is 2. The molecule has 1 aliphatic heterocycles. The molecule has 1 aliphatic carbocycles. The highest BCUT2D eigenvalue weighted by atomic mass is 35.5. The lowest BCUT2D eigenvalue weighted by Crippen LogP contribution is -2.36. The predicted octanol–water partition coefficient (Wildman–Crippen LogP) is 3.13. The molecule has 0 aromatic heterocycles. The summed E-state index contributed by atoms with van der Waals surface area (Å²) in [7, 11) is 0. The molecule has 2 N–H and O–H groups in total. The van der Waals surface area contributed by atoms with Crippen molar-refractivity contribution >= 4 is 18.3 Å². The summed E-state index contributed by atoms with van der Waals surface area (Å²) in [5, 5.41) is 6.43. The maximum absolute atomic E-state index is 11.9. The zero-order chi connectivity index (χ0) is 13.5. The van der Waals surface area contributed by atoms with Crippen LogP contribution >= 0.6 is 12.4 Å². The average molecular weight is 303 g/mol. The van der Waals surface area contributed by atoms with Crippen molar-refractivity contribution in [2.75, 3.05) is 19.6 Å². The summed E-state index contributed by atoms with van der Waals surface area (Å²) in [5.41, 5.74) is 0. The van der Waals surface area contributed by atoms with Gasteiger partial charge < -0.3 is 10.6 Å². The van der Waals surface area contributed by atoms with E-state index in [1.165, 1.54) is 44.9 Å². The van der Waals surface area contributed by atoms with Crippen LogP contribution in [-0.4, -0.2) is 25.5 Å². The first-order valence-electron chi connectivity index (χ1n) is 8.28. The van der Waals surface area contributed by atoms with E-state index in [9.17, 15) is 4.79 Å². The lowest BCUT2D eigenvalue weighted by molar-refractivity contribution is -0.124. The quantitative estimate of drug-likeness (QED) is 0.791. The number of halogens is 1. The van der Waals surface area contributed by atoms with E-state index >= 15 is 0 Å². The summed E-state index contributed by atoms with van der Waals surface area (Å²) in [4.78, 5) is 11.9. The Morgan fingerprint density at radius 2 is 1.85 bits per heavy atom. The number of amides is 1. The van der Waals surface area contributed by atoms with Crippen molar-refractivity contribution in [3.63, 3.8) is 0 Å². The number of hydrogen-bond donors (Lipinski definition) is 2. The van der Waals surface area contributed by atoms with Crippen molar-refractivity contribution in [3.05, 3.63) is 0 Å². The first-order chi connectivity index (χ1) is 9.29. The van der Waals surface area contributed by atoms with Gasteiger partial charge in [0.05, 0.1) is 5.92 Å². The monoisotopic (exact) mass is 302 g/mol. The molecule has 1 heterocycles. The minimum Gasteiger partial charge on any atom is -0.356 e. The number of hydrogen-bond acceptors (Lipinski definition) is 2. The van der Waals surface area contributed by atoms with Gasteiger partial charge in [0.2, 0.25) is 5.91 Å². The first-order valence-corrected chi connectivity index (χ1v) is 8.28. The second-order valence-electron chi connectivity index (χ2n) is 6.46. The molecule has 2 aliphatic rings. The van der Waals surface area contributed by atoms with Crippen LogP contribution in [0.3, 0.4) is 0 Å². The van der Waals surface area contributed by atoms with E-state index in [0.29, 0.717) is 0 Å². The van der Waals surface area contributed by atoms with E-state index in [-0.39, 0.29) is 24.2 Å². The maximum atomic E-state index is 11.9. The van der Waals surface area contributed by atoms with Crippen molar-refractivity contribution in [2.45, 2.75) is 58.3 Å². The standard InChI is InChI=1S/C16H30N2O.ClH/c1-2-3-4-13-5-7-14(8-6-13)11-18-16(19)15-9-10-17-12-15;/h13-15,17H,2-12H2,1H3,(H,18,19);1H. The Hall–Kier alpha value is -0.280. The second kappa shape index (κ2) is 9.62. The van der Waals surface area contributed by atoms with Crippen molar-refractivity contribution in [2.24, 2.45) is 17.8 Å². The van der Waals surface area contributed by atoms with E-state index in [4.69, 9.17) is 0 Å². The van der Waals surface area contributed by atoms with Gasteiger partial charge in [-0.05, 0) is 37.6 Å². The van der Waals surface area contributed by atoms with Gasteiger partial charge in [0, 0.05) is 13.1 Å². The molecule has 1 atom stereocenters. The van der Waals surface area contributed by atoms with Gasteiger partial charge >= 0.3 is 0 Å². The maximum Gasteiger partial charge on any atom is 0.224 e. The summed E-state index contributed by atoms with van der Waals surface area (Å²) in [6.45, 7) is 5.06. The molecule has 0 radical (unpaired) electrons. The van der Waals surface area contributed by atoms with Crippen LogP contribution in [0.4, 0.5) is 0 Å². The Labute approximate surface area is 130 Å². The van der Waals surface area contributed by atoms with Crippen LogP contribution in [0.15, 0.2) is 0 Å². The van der Waals surface area contributed by atoms with E-state index in [1.54, 1.807) is 0 Å². The third kappa shape index (κ3) is 5.61. The summed E-state index contributed by atoms with van der Waals surface area (Å²) < 4.78 is 0. The molecular weight excluding hydrogens is 272 g/mol. The largest absolute Gasteiger partial charge is 0.356 e. The van der Waals surface area contributed by atoms with Crippen molar-refractivity contribution in [3.8, 4) is 0 Å². The fraction of sp³-hybridized carbons (Fsp3) is 0.938. The number of rotatable bonds is 6. The zero-order valence-corrected chi connectivity index (χ0v) is 13.6. The molecule has 0 aromatic rings. The molecule has 4 heteroatoms. The third-order valence-electron chi connectivity index (χ3n) is 4.93. The topological polar surface area (TPSA) is 41.1 Å². The SMILES string of the molecule is CCCCC1CCC(CNC(=O)C2CCNC2)CC1.Cl. The lowest BCUT2D eigenvalue weighted by atomic mass is 9.80. The van der Waals surface area contributed by atoms with Crippen molar-refractivity contribution in [1.29, 1.82) is 0 Å². The first kappa shape index (κ1) is 17.8. The molecule has 20 heavy (non-hydrogen) atoms. The number of carbonyl (C=O) groups is 1.